The van der Waals surface area contributed by atoms with Gasteiger partial charge in [0.15, 0.2) is 0 Å². The first-order chi connectivity index (χ1) is 16.8. The number of methoxy groups -OCH3 is 1. The van der Waals surface area contributed by atoms with E-state index >= 15 is 0 Å². The third kappa shape index (κ3) is 5.06. The predicted molar refractivity (Wildman–Crippen MR) is 132 cm³/mol. The van der Waals surface area contributed by atoms with Crippen LogP contribution in [0, 0.1) is 5.82 Å². The molecule has 0 saturated carbocycles. The zero-order valence-corrected chi connectivity index (χ0v) is 19.6. The topological polar surface area (TPSA) is 101 Å². The van der Waals surface area contributed by atoms with Gasteiger partial charge in [-0.15, -0.1) is 0 Å². The third-order valence-electron chi connectivity index (χ3n) is 4.96. The maximum atomic E-state index is 13.9. The first-order valence-corrected chi connectivity index (χ1v) is 10.9. The van der Waals surface area contributed by atoms with E-state index in [0.29, 0.717) is 27.4 Å². The predicted octanol–water partition coefficient (Wildman–Crippen LogP) is 5.06. The summed E-state index contributed by atoms with van der Waals surface area (Å²) in [5.74, 6) is -3.26. The number of aromatic nitrogens is 1. The first kappa shape index (κ1) is 24.1. The Bertz CT molecular complexity index is 1470. The Morgan fingerprint density at radius 2 is 1.66 bits per heavy atom. The number of benzene rings is 3. The number of ether oxygens (including phenoxy) is 1. The standard InChI is InChI=1S/C24H17Cl2FN4O4/c1-35-20-8-4-5-13-11-19(22(32)28-14-9-10-15(25)16(26)12-14)31(21(13)20)30-24(34)23(33)29-18-7-3-2-6-17(18)27/h2-12H,1H3,(H,28,32)(H,29,33)(H,30,34). The van der Waals surface area contributed by atoms with Crippen LogP contribution < -0.4 is 20.8 Å². The summed E-state index contributed by atoms with van der Waals surface area (Å²) in [6, 6.07) is 16.5. The summed E-state index contributed by atoms with van der Waals surface area (Å²) in [5.41, 5.74) is 2.90. The minimum Gasteiger partial charge on any atom is -0.494 e. The second-order valence-corrected chi connectivity index (χ2v) is 8.04. The Morgan fingerprint density at radius 1 is 0.886 bits per heavy atom. The monoisotopic (exact) mass is 514 g/mol. The second kappa shape index (κ2) is 10.0. The Hall–Kier alpha value is -4.08. The van der Waals surface area contributed by atoms with Crippen LogP contribution in [-0.2, 0) is 9.59 Å². The van der Waals surface area contributed by atoms with Crippen LogP contribution in [0.2, 0.25) is 10.0 Å². The number of nitrogens with zero attached hydrogens (tertiary/aromatic N) is 1. The summed E-state index contributed by atoms with van der Waals surface area (Å²) in [6.07, 6.45) is 0. The van der Waals surface area contributed by atoms with Gasteiger partial charge in [-0.25, -0.2) is 9.07 Å². The lowest BCUT2D eigenvalue weighted by molar-refractivity contribution is -0.133. The number of hydrogen-bond donors (Lipinski definition) is 3. The lowest BCUT2D eigenvalue weighted by atomic mass is 10.2. The number of halogens is 3. The Balaban J connectivity index is 1.68. The molecule has 0 unspecified atom stereocenters. The van der Waals surface area contributed by atoms with Crippen molar-refractivity contribution in [2.24, 2.45) is 0 Å². The molecule has 0 bridgehead atoms. The molecule has 0 radical (unpaired) electrons. The highest BCUT2D eigenvalue weighted by Crippen LogP contribution is 2.29. The van der Waals surface area contributed by atoms with Gasteiger partial charge in [0.2, 0.25) is 0 Å². The van der Waals surface area contributed by atoms with Gasteiger partial charge in [-0.2, -0.15) is 0 Å². The van der Waals surface area contributed by atoms with Gasteiger partial charge in [0.05, 0.1) is 22.8 Å². The van der Waals surface area contributed by atoms with Crippen molar-refractivity contribution >= 4 is 63.2 Å². The number of hydrogen-bond acceptors (Lipinski definition) is 4. The summed E-state index contributed by atoms with van der Waals surface area (Å²) < 4.78 is 20.4. The summed E-state index contributed by atoms with van der Waals surface area (Å²) in [5, 5.41) is 5.98. The van der Waals surface area contributed by atoms with Crippen molar-refractivity contribution < 1.29 is 23.5 Å². The largest absolute Gasteiger partial charge is 0.494 e. The zero-order valence-electron chi connectivity index (χ0n) is 18.1. The lowest BCUT2D eigenvalue weighted by Crippen LogP contribution is -2.36. The SMILES string of the molecule is COc1cccc2cc(C(=O)Nc3ccc(Cl)c(Cl)c3)n(NC(=O)C(=O)Nc3ccccc3F)c12. The van der Waals surface area contributed by atoms with Crippen LogP contribution in [0.3, 0.4) is 0 Å². The number of nitrogens with one attached hydrogen (secondary N) is 3. The number of anilines is 2. The van der Waals surface area contributed by atoms with Crippen LogP contribution in [0.1, 0.15) is 10.5 Å². The number of fused-ring (bicyclic) bond motifs is 1. The second-order valence-electron chi connectivity index (χ2n) is 7.22. The van der Waals surface area contributed by atoms with Crippen LogP contribution in [0.15, 0.2) is 66.7 Å². The zero-order chi connectivity index (χ0) is 25.1. The number of carbonyl (C=O) groups is 3. The highest BCUT2D eigenvalue weighted by molar-refractivity contribution is 6.43. The molecule has 0 aliphatic heterocycles. The van der Waals surface area contributed by atoms with Crippen molar-refractivity contribution in [3.05, 3.63) is 88.3 Å². The fourth-order valence-corrected chi connectivity index (χ4v) is 3.64. The molecule has 0 aliphatic carbocycles. The Labute approximate surface area is 208 Å². The molecule has 3 N–H and O–H groups in total. The van der Waals surface area contributed by atoms with Crippen LogP contribution in [0.25, 0.3) is 10.9 Å². The average Bonchev–Trinajstić information content (AvgIpc) is 3.21. The highest BCUT2D eigenvalue weighted by Gasteiger charge is 2.23. The molecular formula is C24H17Cl2FN4O4. The molecule has 0 spiro atoms. The molecule has 178 valence electrons. The van der Waals surface area contributed by atoms with Crippen molar-refractivity contribution in [3.8, 4) is 5.75 Å². The molecule has 11 heteroatoms. The number of rotatable bonds is 5. The molecule has 1 heterocycles. The van der Waals surface area contributed by atoms with E-state index in [0.717, 1.165) is 10.7 Å². The minimum atomic E-state index is -1.14. The molecule has 4 aromatic rings. The van der Waals surface area contributed by atoms with Crippen molar-refractivity contribution in [1.29, 1.82) is 0 Å². The van der Waals surface area contributed by atoms with Gasteiger partial charge in [-0.3, -0.25) is 19.8 Å². The molecule has 3 amide bonds. The van der Waals surface area contributed by atoms with Gasteiger partial charge in [0.1, 0.15) is 22.8 Å². The summed E-state index contributed by atoms with van der Waals surface area (Å²) >= 11 is 12.0. The van der Waals surface area contributed by atoms with Gasteiger partial charge in [0, 0.05) is 11.1 Å². The number of para-hydroxylation sites is 2. The van der Waals surface area contributed by atoms with Crippen LogP contribution in [0.5, 0.6) is 5.75 Å². The maximum absolute atomic E-state index is 13.9. The van der Waals surface area contributed by atoms with Crippen LogP contribution in [-0.4, -0.2) is 29.5 Å². The molecule has 3 aromatic carbocycles. The lowest BCUT2D eigenvalue weighted by Gasteiger charge is -2.14. The molecule has 0 fully saturated rings. The Morgan fingerprint density at radius 3 is 2.37 bits per heavy atom. The van der Waals surface area contributed by atoms with Crippen molar-refractivity contribution in [2.75, 3.05) is 23.2 Å². The molecular weight excluding hydrogens is 498 g/mol. The van der Waals surface area contributed by atoms with Crippen molar-refractivity contribution in [3.63, 3.8) is 0 Å². The van der Waals surface area contributed by atoms with Crippen LogP contribution >= 0.6 is 23.2 Å². The van der Waals surface area contributed by atoms with E-state index < -0.39 is 23.5 Å². The molecule has 0 aliphatic rings. The third-order valence-corrected chi connectivity index (χ3v) is 5.70. The van der Waals surface area contributed by atoms with E-state index in [-0.39, 0.29) is 16.4 Å². The van der Waals surface area contributed by atoms with E-state index in [1.54, 1.807) is 24.3 Å². The smallest absolute Gasteiger partial charge is 0.328 e. The maximum Gasteiger partial charge on any atom is 0.328 e. The van der Waals surface area contributed by atoms with Gasteiger partial charge in [0.25, 0.3) is 5.91 Å². The molecule has 0 saturated heterocycles. The van der Waals surface area contributed by atoms with Gasteiger partial charge >= 0.3 is 11.8 Å². The van der Waals surface area contributed by atoms with Gasteiger partial charge in [-0.1, -0.05) is 47.5 Å². The fraction of sp³-hybridized carbons (Fsp3) is 0.0417. The number of carbonyl (C=O) groups excluding carboxylic acids is 3. The molecule has 8 nitrogen and oxygen atoms in total. The van der Waals surface area contributed by atoms with Crippen molar-refractivity contribution in [1.82, 2.24) is 4.68 Å². The number of amides is 3. The molecule has 35 heavy (non-hydrogen) atoms. The minimum absolute atomic E-state index is 0.0115. The van der Waals surface area contributed by atoms with E-state index in [4.69, 9.17) is 27.9 Å². The summed E-state index contributed by atoms with van der Waals surface area (Å²) in [6.45, 7) is 0. The molecule has 4 rings (SSSR count). The van der Waals surface area contributed by atoms with Crippen LogP contribution in [0.4, 0.5) is 15.8 Å². The van der Waals surface area contributed by atoms with E-state index in [9.17, 15) is 18.8 Å². The average molecular weight is 515 g/mol. The summed E-state index contributed by atoms with van der Waals surface area (Å²) in [4.78, 5) is 38.3. The Kier molecular flexibility index (Phi) is 6.90. The van der Waals surface area contributed by atoms with E-state index in [1.165, 1.54) is 43.5 Å². The summed E-state index contributed by atoms with van der Waals surface area (Å²) in [7, 11) is 1.42. The molecule has 1 aromatic heterocycles. The van der Waals surface area contributed by atoms with Gasteiger partial charge < -0.3 is 15.4 Å². The van der Waals surface area contributed by atoms with Gasteiger partial charge in [-0.05, 0) is 42.5 Å². The first-order valence-electron chi connectivity index (χ1n) is 10.1. The molecule has 0 atom stereocenters. The highest BCUT2D eigenvalue weighted by atomic mass is 35.5. The fourth-order valence-electron chi connectivity index (χ4n) is 3.34. The van der Waals surface area contributed by atoms with E-state index in [1.807, 2.05) is 0 Å². The normalized spacial score (nSPS) is 10.6. The quantitative estimate of drug-likeness (QED) is 0.324. The van der Waals surface area contributed by atoms with E-state index in [2.05, 4.69) is 16.1 Å². The van der Waals surface area contributed by atoms with Crippen molar-refractivity contribution in [2.45, 2.75) is 0 Å².